The highest BCUT2D eigenvalue weighted by Crippen LogP contribution is 2.14. The minimum atomic E-state index is -0.990. The molecule has 0 bridgehead atoms. The van der Waals surface area contributed by atoms with Gasteiger partial charge in [-0.05, 0) is 32.0 Å². The topological polar surface area (TPSA) is 92.4 Å². The molecule has 4 N–H and O–H groups in total. The van der Waals surface area contributed by atoms with Crippen molar-refractivity contribution in [3.05, 3.63) is 29.8 Å². The van der Waals surface area contributed by atoms with E-state index in [9.17, 15) is 9.59 Å². The van der Waals surface area contributed by atoms with Gasteiger partial charge in [0.15, 0.2) is 0 Å². The summed E-state index contributed by atoms with van der Waals surface area (Å²) < 4.78 is 0. The fourth-order valence-corrected chi connectivity index (χ4v) is 1.16. The van der Waals surface area contributed by atoms with Gasteiger partial charge in [-0.25, -0.2) is 0 Å². The molecule has 0 spiro atoms. The van der Waals surface area contributed by atoms with Crippen LogP contribution in [0.5, 0.6) is 0 Å². The van der Waals surface area contributed by atoms with Gasteiger partial charge < -0.3 is 16.2 Å². The van der Waals surface area contributed by atoms with E-state index in [1.165, 1.54) is 0 Å². The highest BCUT2D eigenvalue weighted by Gasteiger charge is 2.27. The van der Waals surface area contributed by atoms with Gasteiger partial charge >= 0.3 is 5.97 Å². The number of hydrogen-bond acceptors (Lipinski definition) is 3. The van der Waals surface area contributed by atoms with Gasteiger partial charge in [-0.15, -0.1) is 0 Å². The van der Waals surface area contributed by atoms with Gasteiger partial charge in [0, 0.05) is 17.8 Å². The summed E-state index contributed by atoms with van der Waals surface area (Å²) in [7, 11) is 0. The summed E-state index contributed by atoms with van der Waals surface area (Å²) in [5.74, 6) is -1.28. The molecule has 5 heteroatoms. The van der Waals surface area contributed by atoms with Crippen LogP contribution in [-0.2, 0) is 4.79 Å². The third-order valence-electron chi connectivity index (χ3n) is 2.42. The van der Waals surface area contributed by atoms with Crippen LogP contribution < -0.4 is 11.1 Å². The number of hydrogen-bond donors (Lipinski definition) is 3. The molecule has 0 unspecified atom stereocenters. The third-order valence-corrected chi connectivity index (χ3v) is 2.42. The van der Waals surface area contributed by atoms with E-state index >= 15 is 0 Å². The van der Waals surface area contributed by atoms with Crippen LogP contribution >= 0.6 is 0 Å². The predicted octanol–water partition coefficient (Wildman–Crippen LogP) is 1.11. The molecule has 0 saturated heterocycles. The number of carboxylic acid groups (broad SMARTS) is 1. The first-order chi connectivity index (χ1) is 7.83. The summed E-state index contributed by atoms with van der Waals surface area (Å²) in [6.45, 7) is 3.17. The smallest absolute Gasteiger partial charge is 0.310 e. The van der Waals surface area contributed by atoms with Crippen LogP contribution in [0.2, 0.25) is 0 Å². The van der Waals surface area contributed by atoms with Crippen LogP contribution in [0.25, 0.3) is 0 Å². The number of amides is 1. The Hall–Kier alpha value is -2.04. The SMILES string of the molecule is CC(C)(CNC(=O)c1cccc(N)c1)C(=O)O. The third kappa shape index (κ3) is 3.48. The summed E-state index contributed by atoms with van der Waals surface area (Å²) in [5, 5.41) is 11.5. The van der Waals surface area contributed by atoms with E-state index in [2.05, 4.69) is 5.32 Å². The van der Waals surface area contributed by atoms with Gasteiger partial charge in [-0.2, -0.15) is 0 Å². The maximum absolute atomic E-state index is 11.7. The van der Waals surface area contributed by atoms with E-state index in [-0.39, 0.29) is 12.5 Å². The first-order valence-corrected chi connectivity index (χ1v) is 5.20. The Labute approximate surface area is 99.6 Å². The molecule has 0 saturated carbocycles. The van der Waals surface area contributed by atoms with Crippen molar-refractivity contribution >= 4 is 17.6 Å². The molecule has 0 aliphatic rings. The van der Waals surface area contributed by atoms with E-state index in [4.69, 9.17) is 10.8 Å². The number of carbonyl (C=O) groups excluding carboxylic acids is 1. The van der Waals surface area contributed by atoms with Crippen molar-refractivity contribution < 1.29 is 14.7 Å². The molecule has 0 radical (unpaired) electrons. The fraction of sp³-hybridized carbons (Fsp3) is 0.333. The van der Waals surface area contributed by atoms with Crippen LogP contribution in [-0.4, -0.2) is 23.5 Å². The number of carboxylic acids is 1. The van der Waals surface area contributed by atoms with Crippen molar-refractivity contribution in [1.82, 2.24) is 5.32 Å². The zero-order chi connectivity index (χ0) is 13.1. The van der Waals surface area contributed by atoms with Crippen molar-refractivity contribution in [3.63, 3.8) is 0 Å². The lowest BCUT2D eigenvalue weighted by Crippen LogP contribution is -2.38. The molecule has 0 atom stereocenters. The Balaban J connectivity index is 2.65. The molecule has 0 aromatic heterocycles. The summed E-state index contributed by atoms with van der Waals surface area (Å²) in [6, 6.07) is 6.52. The van der Waals surface area contributed by atoms with Crippen molar-refractivity contribution in [2.45, 2.75) is 13.8 Å². The molecule has 0 aliphatic carbocycles. The molecule has 1 amide bonds. The average Bonchev–Trinajstić information content (AvgIpc) is 2.25. The van der Waals surface area contributed by atoms with Crippen molar-refractivity contribution in [1.29, 1.82) is 0 Å². The maximum Gasteiger partial charge on any atom is 0.310 e. The second-order valence-corrected chi connectivity index (χ2v) is 4.50. The lowest BCUT2D eigenvalue weighted by molar-refractivity contribution is -0.146. The van der Waals surface area contributed by atoms with Gasteiger partial charge in [0.25, 0.3) is 5.91 Å². The van der Waals surface area contributed by atoms with Crippen molar-refractivity contribution in [3.8, 4) is 0 Å². The first kappa shape index (κ1) is 13.0. The second kappa shape index (κ2) is 4.86. The van der Waals surface area contributed by atoms with E-state index in [1.807, 2.05) is 0 Å². The molecule has 17 heavy (non-hydrogen) atoms. The minimum Gasteiger partial charge on any atom is -0.481 e. The van der Waals surface area contributed by atoms with Crippen LogP contribution in [0.15, 0.2) is 24.3 Å². The predicted molar refractivity (Wildman–Crippen MR) is 64.6 cm³/mol. The summed E-state index contributed by atoms with van der Waals surface area (Å²) in [4.78, 5) is 22.6. The zero-order valence-corrected chi connectivity index (χ0v) is 9.86. The Morgan fingerprint density at radius 2 is 2.06 bits per heavy atom. The molecular weight excluding hydrogens is 220 g/mol. The number of aliphatic carboxylic acids is 1. The average molecular weight is 236 g/mol. The lowest BCUT2D eigenvalue weighted by Gasteiger charge is -2.19. The Kier molecular flexibility index (Phi) is 3.73. The maximum atomic E-state index is 11.7. The largest absolute Gasteiger partial charge is 0.481 e. The van der Waals surface area contributed by atoms with Gasteiger partial charge in [0.2, 0.25) is 0 Å². The summed E-state index contributed by atoms with van der Waals surface area (Å²) >= 11 is 0. The molecule has 1 aromatic rings. The van der Waals surface area contributed by atoms with Crippen molar-refractivity contribution in [2.24, 2.45) is 5.41 Å². The van der Waals surface area contributed by atoms with Crippen LogP contribution in [0.3, 0.4) is 0 Å². The molecule has 1 aromatic carbocycles. The Morgan fingerprint density at radius 1 is 1.41 bits per heavy atom. The highest BCUT2D eigenvalue weighted by atomic mass is 16.4. The number of nitrogens with one attached hydrogen (secondary N) is 1. The van der Waals surface area contributed by atoms with E-state index in [1.54, 1.807) is 38.1 Å². The monoisotopic (exact) mass is 236 g/mol. The van der Waals surface area contributed by atoms with E-state index in [0.29, 0.717) is 11.3 Å². The number of anilines is 1. The quantitative estimate of drug-likeness (QED) is 0.683. The number of rotatable bonds is 4. The molecule has 1 rings (SSSR count). The van der Waals surface area contributed by atoms with Crippen LogP contribution in [0, 0.1) is 5.41 Å². The zero-order valence-electron chi connectivity index (χ0n) is 9.86. The van der Waals surface area contributed by atoms with Gasteiger partial charge in [-0.3, -0.25) is 9.59 Å². The molecule has 0 fully saturated rings. The number of nitrogens with two attached hydrogens (primary N) is 1. The molecule has 0 heterocycles. The minimum absolute atomic E-state index is 0.0654. The van der Waals surface area contributed by atoms with Gasteiger partial charge in [0.05, 0.1) is 5.41 Å². The standard InChI is InChI=1S/C12H16N2O3/c1-12(2,11(16)17)7-14-10(15)8-4-3-5-9(13)6-8/h3-6H,7,13H2,1-2H3,(H,14,15)(H,16,17). The molecule has 92 valence electrons. The van der Waals surface area contributed by atoms with Gasteiger partial charge in [0.1, 0.15) is 0 Å². The van der Waals surface area contributed by atoms with Crippen LogP contribution in [0.1, 0.15) is 24.2 Å². The number of benzene rings is 1. The number of carbonyl (C=O) groups is 2. The Morgan fingerprint density at radius 3 is 2.59 bits per heavy atom. The summed E-state index contributed by atoms with van der Waals surface area (Å²) in [6.07, 6.45) is 0. The molecular formula is C12H16N2O3. The number of nitrogen functional groups attached to an aromatic ring is 1. The fourth-order valence-electron chi connectivity index (χ4n) is 1.16. The van der Waals surface area contributed by atoms with Gasteiger partial charge in [-0.1, -0.05) is 6.07 Å². The van der Waals surface area contributed by atoms with Crippen LogP contribution in [0.4, 0.5) is 5.69 Å². The molecule has 5 nitrogen and oxygen atoms in total. The second-order valence-electron chi connectivity index (χ2n) is 4.50. The first-order valence-electron chi connectivity index (χ1n) is 5.20. The van der Waals surface area contributed by atoms with Crippen molar-refractivity contribution in [2.75, 3.05) is 12.3 Å². The lowest BCUT2D eigenvalue weighted by atomic mass is 9.94. The normalized spacial score (nSPS) is 10.9. The molecule has 0 aliphatic heterocycles. The highest BCUT2D eigenvalue weighted by molar-refractivity contribution is 5.95. The Bertz CT molecular complexity index is 441. The van der Waals surface area contributed by atoms with E-state index < -0.39 is 11.4 Å². The summed E-state index contributed by atoms with van der Waals surface area (Å²) in [5.41, 5.74) is 5.48. The van der Waals surface area contributed by atoms with E-state index in [0.717, 1.165) is 0 Å².